The van der Waals surface area contributed by atoms with Gasteiger partial charge in [-0.15, -0.1) is 0 Å². The maximum atomic E-state index is 10.0. The van der Waals surface area contributed by atoms with Gasteiger partial charge in [0.05, 0.1) is 16.8 Å². The smallest absolute Gasteiger partial charge is 0.157 e. The fourth-order valence-corrected chi connectivity index (χ4v) is 3.15. The number of nitrogens with zero attached hydrogens (tertiary/aromatic N) is 2. The first-order chi connectivity index (χ1) is 13.8. The van der Waals surface area contributed by atoms with Gasteiger partial charge in [-0.1, -0.05) is 6.07 Å². The van der Waals surface area contributed by atoms with Crippen molar-refractivity contribution in [2.75, 3.05) is 0 Å². The molecule has 0 fully saturated rings. The minimum atomic E-state index is -0.289. The number of imidazole rings is 1. The molecule has 0 unspecified atom stereocenters. The van der Waals surface area contributed by atoms with Gasteiger partial charge in [0.1, 0.15) is 34.4 Å². The molecule has 0 saturated carbocycles. The van der Waals surface area contributed by atoms with E-state index in [9.17, 15) is 10.2 Å². The number of amidine groups is 2. The average Bonchev–Trinajstić information content (AvgIpc) is 3.11. The number of phenolic OH excluding ortho intramolecular Hbond substituents is 2. The summed E-state index contributed by atoms with van der Waals surface area (Å²) in [5, 5.41) is 35.2. The number of H-pyrrole nitrogens is 1. The van der Waals surface area contributed by atoms with Crippen molar-refractivity contribution in [1.29, 1.82) is 10.8 Å². The second-order valence-corrected chi connectivity index (χ2v) is 6.41. The Hall–Kier alpha value is -4.40. The standard InChI is InChI=1S/C20H17N7O2/c21-18(22)11-8-9(28)4-5-10(11)12-2-1-3-14(25-12)20-26-13-6-7-15(29)16(19(23)24)17(13)27-20/h1-8,28-29H,(H3,21,22)(H3,23,24)(H,26,27). The molecule has 9 heteroatoms. The monoisotopic (exact) mass is 387 g/mol. The number of aromatic amines is 1. The Kier molecular flexibility index (Phi) is 4.12. The van der Waals surface area contributed by atoms with Gasteiger partial charge < -0.3 is 26.7 Å². The van der Waals surface area contributed by atoms with E-state index in [0.717, 1.165) is 0 Å². The molecule has 144 valence electrons. The lowest BCUT2D eigenvalue weighted by Gasteiger charge is -2.09. The topological polar surface area (TPSA) is 182 Å². The summed E-state index contributed by atoms with van der Waals surface area (Å²) in [5.74, 6) is -0.168. The van der Waals surface area contributed by atoms with Gasteiger partial charge >= 0.3 is 0 Å². The zero-order chi connectivity index (χ0) is 20.7. The molecule has 2 aromatic heterocycles. The Morgan fingerprint density at radius 3 is 2.38 bits per heavy atom. The summed E-state index contributed by atoms with van der Waals surface area (Å²) in [4.78, 5) is 12.2. The number of nitrogens with two attached hydrogens (primary N) is 2. The summed E-state index contributed by atoms with van der Waals surface area (Å²) < 4.78 is 0. The Morgan fingerprint density at radius 2 is 1.66 bits per heavy atom. The van der Waals surface area contributed by atoms with Crippen molar-refractivity contribution in [2.45, 2.75) is 0 Å². The van der Waals surface area contributed by atoms with Crippen molar-refractivity contribution in [3.63, 3.8) is 0 Å². The molecule has 2 aromatic carbocycles. The van der Waals surface area contributed by atoms with Crippen molar-refractivity contribution in [3.8, 4) is 34.3 Å². The number of aromatic hydroxyl groups is 2. The molecule has 0 aliphatic heterocycles. The van der Waals surface area contributed by atoms with Crippen molar-refractivity contribution in [1.82, 2.24) is 15.0 Å². The van der Waals surface area contributed by atoms with Crippen molar-refractivity contribution in [2.24, 2.45) is 11.5 Å². The number of fused-ring (bicyclic) bond motifs is 1. The largest absolute Gasteiger partial charge is 0.508 e. The minimum absolute atomic E-state index is 0.00367. The first kappa shape index (κ1) is 18.0. The number of nitrogen functional groups attached to an aromatic ring is 2. The number of pyridine rings is 1. The third-order valence-corrected chi connectivity index (χ3v) is 4.46. The van der Waals surface area contributed by atoms with E-state index in [1.165, 1.54) is 18.2 Å². The molecular formula is C20H17N7O2. The molecule has 0 atom stereocenters. The summed E-state index contributed by atoms with van der Waals surface area (Å²) in [6.45, 7) is 0. The van der Waals surface area contributed by atoms with Gasteiger partial charge in [0.15, 0.2) is 5.82 Å². The molecule has 4 aromatic rings. The molecule has 0 amide bonds. The first-order valence-corrected chi connectivity index (χ1v) is 8.56. The number of hydrogen-bond donors (Lipinski definition) is 7. The van der Waals surface area contributed by atoms with Crippen LogP contribution in [0, 0.1) is 10.8 Å². The fourth-order valence-electron chi connectivity index (χ4n) is 3.15. The van der Waals surface area contributed by atoms with Crippen LogP contribution < -0.4 is 11.5 Å². The van der Waals surface area contributed by atoms with Gasteiger partial charge in [0.2, 0.25) is 0 Å². The second-order valence-electron chi connectivity index (χ2n) is 6.41. The van der Waals surface area contributed by atoms with Crippen LogP contribution >= 0.6 is 0 Å². The normalized spacial score (nSPS) is 10.9. The minimum Gasteiger partial charge on any atom is -0.508 e. The first-order valence-electron chi connectivity index (χ1n) is 8.56. The Labute approximate surface area is 164 Å². The van der Waals surface area contributed by atoms with E-state index in [1.54, 1.807) is 30.3 Å². The summed E-state index contributed by atoms with van der Waals surface area (Å²) in [6.07, 6.45) is 0. The number of nitrogens with one attached hydrogen (secondary N) is 3. The van der Waals surface area contributed by atoms with Crippen LogP contribution in [0.15, 0.2) is 48.5 Å². The highest BCUT2D eigenvalue weighted by molar-refractivity contribution is 6.08. The van der Waals surface area contributed by atoms with Crippen LogP contribution in [-0.2, 0) is 0 Å². The molecule has 9 N–H and O–H groups in total. The second kappa shape index (κ2) is 6.64. The molecule has 0 saturated heterocycles. The molecule has 0 aliphatic carbocycles. The van der Waals surface area contributed by atoms with Crippen LogP contribution in [0.25, 0.3) is 33.8 Å². The molecule has 2 heterocycles. The Balaban J connectivity index is 1.86. The van der Waals surface area contributed by atoms with Gasteiger partial charge in [-0.2, -0.15) is 0 Å². The average molecular weight is 387 g/mol. The number of phenols is 2. The van der Waals surface area contributed by atoms with Gasteiger partial charge in [-0.25, -0.2) is 9.97 Å². The van der Waals surface area contributed by atoms with E-state index >= 15 is 0 Å². The van der Waals surface area contributed by atoms with Crippen molar-refractivity contribution < 1.29 is 10.2 Å². The van der Waals surface area contributed by atoms with Gasteiger partial charge in [0.25, 0.3) is 0 Å². The highest BCUT2D eigenvalue weighted by Crippen LogP contribution is 2.30. The number of benzene rings is 2. The van der Waals surface area contributed by atoms with E-state index in [2.05, 4.69) is 15.0 Å². The van der Waals surface area contributed by atoms with Crippen LogP contribution in [0.4, 0.5) is 0 Å². The summed E-state index contributed by atoms with van der Waals surface area (Å²) >= 11 is 0. The predicted molar refractivity (Wildman–Crippen MR) is 110 cm³/mol. The molecule has 9 nitrogen and oxygen atoms in total. The predicted octanol–water partition coefficient (Wildman–Crippen LogP) is 2.27. The van der Waals surface area contributed by atoms with Crippen LogP contribution in [0.1, 0.15) is 11.1 Å². The SMILES string of the molecule is N=C(N)c1cc(O)ccc1-c1cccc(-c2nc3c(C(=N)N)c(O)ccc3[nH]2)n1. The highest BCUT2D eigenvalue weighted by Gasteiger charge is 2.16. The molecule has 4 rings (SSSR count). The summed E-state index contributed by atoms with van der Waals surface area (Å²) in [7, 11) is 0. The van der Waals surface area contributed by atoms with Crippen molar-refractivity contribution in [3.05, 3.63) is 59.7 Å². The van der Waals surface area contributed by atoms with Crippen molar-refractivity contribution >= 4 is 22.7 Å². The molecule has 0 aliphatic rings. The van der Waals surface area contributed by atoms with Crippen LogP contribution in [-0.4, -0.2) is 36.8 Å². The van der Waals surface area contributed by atoms with E-state index in [0.29, 0.717) is 39.4 Å². The van der Waals surface area contributed by atoms with Crippen LogP contribution in [0.2, 0.25) is 0 Å². The number of aromatic nitrogens is 3. The lowest BCUT2D eigenvalue weighted by atomic mass is 10.0. The maximum absolute atomic E-state index is 10.0. The maximum Gasteiger partial charge on any atom is 0.157 e. The quantitative estimate of drug-likeness (QED) is 0.208. The van der Waals surface area contributed by atoms with Crippen LogP contribution in [0.5, 0.6) is 11.5 Å². The van der Waals surface area contributed by atoms with Crippen LogP contribution in [0.3, 0.4) is 0 Å². The number of hydrogen-bond acceptors (Lipinski definition) is 6. The lowest BCUT2D eigenvalue weighted by Crippen LogP contribution is -2.12. The highest BCUT2D eigenvalue weighted by atomic mass is 16.3. The Morgan fingerprint density at radius 1 is 0.897 bits per heavy atom. The number of rotatable bonds is 4. The fraction of sp³-hybridized carbons (Fsp3) is 0. The third kappa shape index (κ3) is 3.10. The molecule has 0 bridgehead atoms. The zero-order valence-corrected chi connectivity index (χ0v) is 15.1. The third-order valence-electron chi connectivity index (χ3n) is 4.46. The van der Waals surface area contributed by atoms with E-state index in [4.69, 9.17) is 22.3 Å². The van der Waals surface area contributed by atoms with E-state index in [-0.39, 0.29) is 28.7 Å². The summed E-state index contributed by atoms with van der Waals surface area (Å²) in [6, 6.07) is 12.9. The summed E-state index contributed by atoms with van der Waals surface area (Å²) in [5.41, 5.74) is 14.4. The van der Waals surface area contributed by atoms with Gasteiger partial charge in [-0.05, 0) is 42.5 Å². The molecule has 0 spiro atoms. The van der Waals surface area contributed by atoms with Gasteiger partial charge in [-0.3, -0.25) is 10.8 Å². The molecule has 29 heavy (non-hydrogen) atoms. The molecular weight excluding hydrogens is 370 g/mol. The zero-order valence-electron chi connectivity index (χ0n) is 15.1. The van der Waals surface area contributed by atoms with E-state index in [1.807, 2.05) is 0 Å². The molecule has 0 radical (unpaired) electrons. The Bertz CT molecular complexity index is 1290. The van der Waals surface area contributed by atoms with Gasteiger partial charge in [0, 0.05) is 11.1 Å². The lowest BCUT2D eigenvalue weighted by molar-refractivity contribution is 0.474. The van der Waals surface area contributed by atoms with E-state index < -0.39 is 0 Å².